The smallest absolute Gasteiger partial charge is 0.0991 e. The molecule has 0 aromatic heterocycles. The first-order valence-corrected chi connectivity index (χ1v) is 7.89. The van der Waals surface area contributed by atoms with Crippen molar-refractivity contribution in [3.63, 3.8) is 0 Å². The maximum atomic E-state index is 12.3. The van der Waals surface area contributed by atoms with Gasteiger partial charge in [-0.05, 0) is 41.3 Å². The summed E-state index contributed by atoms with van der Waals surface area (Å²) in [7, 11) is -1.08. The average molecular weight is 283 g/mol. The van der Waals surface area contributed by atoms with Gasteiger partial charge >= 0.3 is 0 Å². The third kappa shape index (κ3) is 3.55. The van der Waals surface area contributed by atoms with Crippen LogP contribution in [-0.4, -0.2) is 4.21 Å². The van der Waals surface area contributed by atoms with Crippen LogP contribution in [0.3, 0.4) is 0 Å². The molecule has 0 aliphatic heterocycles. The van der Waals surface area contributed by atoms with Gasteiger partial charge in [0.25, 0.3) is 0 Å². The molecule has 2 aromatic rings. The van der Waals surface area contributed by atoms with Gasteiger partial charge in [-0.1, -0.05) is 38.1 Å². The summed E-state index contributed by atoms with van der Waals surface area (Å²) in [4.78, 5) is 0.830. The summed E-state index contributed by atoms with van der Waals surface area (Å²) >= 11 is 0. The normalized spacial score (nSPS) is 12.1. The lowest BCUT2D eigenvalue weighted by Gasteiger charge is -2.07. The van der Waals surface area contributed by atoms with E-state index in [1.54, 1.807) is 12.1 Å². The van der Waals surface area contributed by atoms with E-state index in [1.807, 2.05) is 36.4 Å². The van der Waals surface area contributed by atoms with Gasteiger partial charge in [0.15, 0.2) is 0 Å². The number of nitriles is 1. The molecule has 2 rings (SSSR count). The Morgan fingerprint density at radius 2 is 1.85 bits per heavy atom. The molecule has 0 heterocycles. The maximum absolute atomic E-state index is 12.3. The highest BCUT2D eigenvalue weighted by Gasteiger charge is 2.07. The molecule has 0 radical (unpaired) electrons. The molecular weight excluding hydrogens is 266 g/mol. The lowest BCUT2D eigenvalue weighted by Crippen LogP contribution is -1.97. The molecule has 0 spiro atoms. The van der Waals surface area contributed by atoms with Gasteiger partial charge in [-0.2, -0.15) is 5.26 Å². The van der Waals surface area contributed by atoms with Crippen molar-refractivity contribution in [2.24, 2.45) is 0 Å². The SMILES string of the molecule is CC(C)c1ccc(S(=O)Cc2cccc(C#N)c2)cc1. The molecule has 3 heteroatoms. The van der Waals surface area contributed by atoms with E-state index in [1.165, 1.54) is 5.56 Å². The molecule has 2 aromatic carbocycles. The number of hydrogen-bond donors (Lipinski definition) is 0. The van der Waals surface area contributed by atoms with Crippen LogP contribution in [-0.2, 0) is 16.6 Å². The molecule has 0 N–H and O–H groups in total. The minimum atomic E-state index is -1.08. The second-order valence-corrected chi connectivity index (χ2v) is 6.48. The lowest BCUT2D eigenvalue weighted by atomic mass is 10.0. The van der Waals surface area contributed by atoms with Crippen molar-refractivity contribution in [3.05, 3.63) is 65.2 Å². The van der Waals surface area contributed by atoms with Crippen LogP contribution in [0.25, 0.3) is 0 Å². The summed E-state index contributed by atoms with van der Waals surface area (Å²) < 4.78 is 12.3. The fourth-order valence-electron chi connectivity index (χ4n) is 1.97. The van der Waals surface area contributed by atoms with Gasteiger partial charge in [-0.15, -0.1) is 0 Å². The predicted octanol–water partition coefficient (Wildman–Crippen LogP) is 3.99. The van der Waals surface area contributed by atoms with Gasteiger partial charge in [0.05, 0.1) is 28.2 Å². The van der Waals surface area contributed by atoms with Crippen LogP contribution in [0.4, 0.5) is 0 Å². The van der Waals surface area contributed by atoms with Crippen LogP contribution in [0.2, 0.25) is 0 Å². The summed E-state index contributed by atoms with van der Waals surface area (Å²) in [5.41, 5.74) is 2.78. The molecular formula is C17H17NOS. The number of nitrogens with zero attached hydrogens (tertiary/aromatic N) is 1. The quantitative estimate of drug-likeness (QED) is 0.851. The Bertz CT molecular complexity index is 653. The van der Waals surface area contributed by atoms with E-state index >= 15 is 0 Å². The van der Waals surface area contributed by atoms with Crippen molar-refractivity contribution >= 4 is 10.8 Å². The Kier molecular flexibility index (Phi) is 4.70. The molecule has 0 aliphatic carbocycles. The van der Waals surface area contributed by atoms with Crippen molar-refractivity contribution < 1.29 is 4.21 Å². The Morgan fingerprint density at radius 3 is 2.45 bits per heavy atom. The third-order valence-corrected chi connectivity index (χ3v) is 4.56. The van der Waals surface area contributed by atoms with Gasteiger partial charge in [0.1, 0.15) is 0 Å². The van der Waals surface area contributed by atoms with E-state index in [-0.39, 0.29) is 0 Å². The molecule has 2 nitrogen and oxygen atoms in total. The summed E-state index contributed by atoms with van der Waals surface area (Å²) in [6.07, 6.45) is 0. The van der Waals surface area contributed by atoms with E-state index in [4.69, 9.17) is 5.26 Å². The minimum Gasteiger partial charge on any atom is -0.254 e. The minimum absolute atomic E-state index is 0.441. The predicted molar refractivity (Wildman–Crippen MR) is 81.8 cm³/mol. The Morgan fingerprint density at radius 1 is 1.15 bits per heavy atom. The van der Waals surface area contributed by atoms with Crippen LogP contribution in [0.15, 0.2) is 53.4 Å². The van der Waals surface area contributed by atoms with Crippen molar-refractivity contribution in [1.82, 2.24) is 0 Å². The van der Waals surface area contributed by atoms with E-state index < -0.39 is 10.8 Å². The van der Waals surface area contributed by atoms with Crippen LogP contribution >= 0.6 is 0 Å². The summed E-state index contributed by atoms with van der Waals surface area (Å²) in [5, 5.41) is 8.87. The summed E-state index contributed by atoms with van der Waals surface area (Å²) in [5.74, 6) is 0.918. The standard InChI is InChI=1S/C17H17NOS/c1-13(2)16-6-8-17(9-7-16)20(19)12-15-5-3-4-14(10-15)11-18/h3-10,13H,12H2,1-2H3. The van der Waals surface area contributed by atoms with Crippen molar-refractivity contribution in [2.75, 3.05) is 0 Å². The zero-order valence-electron chi connectivity index (χ0n) is 11.7. The van der Waals surface area contributed by atoms with Crippen molar-refractivity contribution in [1.29, 1.82) is 5.26 Å². The van der Waals surface area contributed by atoms with Crippen molar-refractivity contribution in [3.8, 4) is 6.07 Å². The van der Waals surface area contributed by atoms with Crippen LogP contribution in [0.1, 0.15) is 36.5 Å². The average Bonchev–Trinajstić information content (AvgIpc) is 2.47. The molecule has 20 heavy (non-hydrogen) atoms. The molecule has 0 saturated heterocycles. The number of rotatable bonds is 4. The first kappa shape index (κ1) is 14.5. The van der Waals surface area contributed by atoms with E-state index in [0.29, 0.717) is 17.2 Å². The van der Waals surface area contributed by atoms with E-state index in [0.717, 1.165) is 10.5 Å². The molecule has 1 unspecified atom stereocenters. The Balaban J connectivity index is 2.13. The molecule has 1 atom stereocenters. The highest BCUT2D eigenvalue weighted by molar-refractivity contribution is 7.84. The number of hydrogen-bond acceptors (Lipinski definition) is 2. The van der Waals surface area contributed by atoms with Gasteiger partial charge in [0.2, 0.25) is 0 Å². The topological polar surface area (TPSA) is 40.9 Å². The summed E-state index contributed by atoms with van der Waals surface area (Å²) in [6, 6.07) is 17.3. The van der Waals surface area contributed by atoms with E-state index in [9.17, 15) is 4.21 Å². The Labute approximate surface area is 122 Å². The first-order valence-electron chi connectivity index (χ1n) is 6.57. The second-order valence-electron chi connectivity index (χ2n) is 5.03. The molecule has 0 amide bonds. The fourth-order valence-corrected chi connectivity index (χ4v) is 3.06. The first-order chi connectivity index (χ1) is 9.60. The molecule has 102 valence electrons. The number of benzene rings is 2. The maximum Gasteiger partial charge on any atom is 0.0991 e. The van der Waals surface area contributed by atoms with Crippen LogP contribution in [0, 0.1) is 11.3 Å². The van der Waals surface area contributed by atoms with E-state index in [2.05, 4.69) is 19.9 Å². The van der Waals surface area contributed by atoms with Crippen molar-refractivity contribution in [2.45, 2.75) is 30.4 Å². The molecule has 0 saturated carbocycles. The zero-order valence-corrected chi connectivity index (χ0v) is 12.5. The van der Waals surface area contributed by atoms with Gasteiger partial charge in [-0.3, -0.25) is 4.21 Å². The largest absolute Gasteiger partial charge is 0.254 e. The molecule has 0 bridgehead atoms. The van der Waals surface area contributed by atoms with Gasteiger partial charge in [-0.25, -0.2) is 0 Å². The van der Waals surface area contributed by atoms with Crippen LogP contribution < -0.4 is 0 Å². The highest BCUT2D eigenvalue weighted by atomic mass is 32.2. The van der Waals surface area contributed by atoms with Gasteiger partial charge in [0, 0.05) is 4.90 Å². The third-order valence-electron chi connectivity index (χ3n) is 3.16. The Hall–Kier alpha value is -1.92. The van der Waals surface area contributed by atoms with Gasteiger partial charge < -0.3 is 0 Å². The highest BCUT2D eigenvalue weighted by Crippen LogP contribution is 2.18. The lowest BCUT2D eigenvalue weighted by molar-refractivity contribution is 0.682. The summed E-state index contributed by atoms with van der Waals surface area (Å²) in [6.45, 7) is 4.28. The monoisotopic (exact) mass is 283 g/mol. The van der Waals surface area contributed by atoms with Crippen LogP contribution in [0.5, 0.6) is 0 Å². The molecule has 0 fully saturated rings. The second kappa shape index (κ2) is 6.49. The molecule has 0 aliphatic rings. The fraction of sp³-hybridized carbons (Fsp3) is 0.235. The zero-order chi connectivity index (χ0) is 14.5.